The third-order valence-corrected chi connectivity index (χ3v) is 6.41. The summed E-state index contributed by atoms with van der Waals surface area (Å²) in [5.41, 5.74) is 2.10. The molecule has 1 aliphatic rings. The summed E-state index contributed by atoms with van der Waals surface area (Å²) >= 11 is 0. The average Bonchev–Trinajstić information content (AvgIpc) is 2.90. The summed E-state index contributed by atoms with van der Waals surface area (Å²) in [6, 6.07) is 10.5. The first-order chi connectivity index (χ1) is 17.3. The number of fused-ring (bicyclic) bond motifs is 1. The number of rotatable bonds is 6. The number of aliphatic hydroxyl groups excluding tert-OH is 1. The Bertz CT molecular complexity index is 1240. The predicted molar refractivity (Wildman–Crippen MR) is 132 cm³/mol. The summed E-state index contributed by atoms with van der Waals surface area (Å²) in [5, 5.41) is 9.84. The zero-order chi connectivity index (χ0) is 25.8. The minimum atomic E-state index is -0.507. The molecule has 1 aliphatic heterocycles. The van der Waals surface area contributed by atoms with E-state index in [0.717, 1.165) is 11.1 Å². The summed E-state index contributed by atoms with van der Waals surface area (Å²) in [6.07, 6.45) is 4.44. The van der Waals surface area contributed by atoms with Crippen LogP contribution < -0.4 is 4.74 Å². The number of hydrogen-bond acceptors (Lipinski definition) is 6. The van der Waals surface area contributed by atoms with Crippen LogP contribution in [0.4, 0.5) is 4.39 Å². The predicted octanol–water partition coefficient (Wildman–Crippen LogP) is 3.28. The van der Waals surface area contributed by atoms with Crippen LogP contribution in [-0.4, -0.2) is 75.6 Å². The largest absolute Gasteiger partial charge is 0.472 e. The van der Waals surface area contributed by atoms with Crippen LogP contribution >= 0.6 is 0 Å². The lowest BCUT2D eigenvalue weighted by Gasteiger charge is -2.37. The van der Waals surface area contributed by atoms with Gasteiger partial charge >= 0.3 is 0 Å². The number of aromatic nitrogens is 2. The second-order valence-electron chi connectivity index (χ2n) is 9.13. The van der Waals surface area contributed by atoms with E-state index < -0.39 is 18.0 Å². The maximum atomic E-state index is 13.7. The molecule has 9 heteroatoms. The van der Waals surface area contributed by atoms with E-state index in [1.54, 1.807) is 49.6 Å². The topological polar surface area (TPSA) is 95.9 Å². The van der Waals surface area contributed by atoms with Crippen molar-refractivity contribution in [2.75, 3.05) is 26.7 Å². The Balaban J connectivity index is 1.67. The first-order valence-corrected chi connectivity index (χ1v) is 11.8. The Morgan fingerprint density at radius 2 is 2.00 bits per heavy atom. The molecule has 0 fully saturated rings. The van der Waals surface area contributed by atoms with Crippen LogP contribution in [0.15, 0.2) is 61.1 Å². The summed E-state index contributed by atoms with van der Waals surface area (Å²) < 4.78 is 19.9. The highest BCUT2D eigenvalue weighted by atomic mass is 19.1. The van der Waals surface area contributed by atoms with Crippen LogP contribution in [0.25, 0.3) is 11.1 Å². The molecule has 188 valence electrons. The highest BCUT2D eigenvalue weighted by molar-refractivity contribution is 5.98. The monoisotopic (exact) mass is 492 g/mol. The Morgan fingerprint density at radius 3 is 2.69 bits per heavy atom. The van der Waals surface area contributed by atoms with E-state index in [1.165, 1.54) is 23.1 Å². The number of carbonyl (C=O) groups is 2. The molecule has 0 unspecified atom stereocenters. The third-order valence-electron chi connectivity index (χ3n) is 6.41. The van der Waals surface area contributed by atoms with Crippen LogP contribution in [0.2, 0.25) is 0 Å². The number of nitrogens with zero attached hydrogens (tertiary/aromatic N) is 4. The van der Waals surface area contributed by atoms with Crippen molar-refractivity contribution < 1.29 is 23.8 Å². The second kappa shape index (κ2) is 10.8. The van der Waals surface area contributed by atoms with Gasteiger partial charge in [0.25, 0.3) is 11.8 Å². The minimum Gasteiger partial charge on any atom is -0.472 e. The number of likely N-dealkylation sites (N-methyl/N-ethyl adjacent to an activating group) is 1. The molecule has 0 spiro atoms. The lowest BCUT2D eigenvalue weighted by atomic mass is 9.99. The number of amides is 2. The van der Waals surface area contributed by atoms with E-state index >= 15 is 0 Å². The van der Waals surface area contributed by atoms with E-state index in [4.69, 9.17) is 4.74 Å². The summed E-state index contributed by atoms with van der Waals surface area (Å²) in [7, 11) is 1.63. The lowest BCUT2D eigenvalue weighted by molar-refractivity contribution is 0.0313. The van der Waals surface area contributed by atoms with Crippen molar-refractivity contribution in [1.29, 1.82) is 0 Å². The molecule has 4 rings (SSSR count). The van der Waals surface area contributed by atoms with Crippen molar-refractivity contribution in [3.05, 3.63) is 78.0 Å². The quantitative estimate of drug-likeness (QED) is 0.568. The molecule has 2 amide bonds. The molecule has 0 saturated carbocycles. The van der Waals surface area contributed by atoms with Gasteiger partial charge < -0.3 is 19.6 Å². The average molecular weight is 493 g/mol. The van der Waals surface area contributed by atoms with E-state index in [1.807, 2.05) is 19.1 Å². The van der Waals surface area contributed by atoms with Crippen molar-refractivity contribution in [3.63, 3.8) is 0 Å². The summed E-state index contributed by atoms with van der Waals surface area (Å²) in [6.45, 7) is 4.01. The van der Waals surface area contributed by atoms with Crippen molar-refractivity contribution in [2.45, 2.75) is 26.0 Å². The van der Waals surface area contributed by atoms with Crippen LogP contribution in [0.3, 0.4) is 0 Å². The van der Waals surface area contributed by atoms with Crippen LogP contribution in [0.1, 0.15) is 34.6 Å². The van der Waals surface area contributed by atoms with Gasteiger partial charge in [0.05, 0.1) is 19.2 Å². The van der Waals surface area contributed by atoms with Gasteiger partial charge in [0.1, 0.15) is 17.5 Å². The summed E-state index contributed by atoms with van der Waals surface area (Å²) in [4.78, 5) is 38.1. The van der Waals surface area contributed by atoms with E-state index in [0.29, 0.717) is 6.54 Å². The van der Waals surface area contributed by atoms with Gasteiger partial charge in [-0.1, -0.05) is 13.0 Å². The molecule has 36 heavy (non-hydrogen) atoms. The zero-order valence-electron chi connectivity index (χ0n) is 20.5. The van der Waals surface area contributed by atoms with Gasteiger partial charge in [-0.2, -0.15) is 0 Å². The molecule has 3 heterocycles. The van der Waals surface area contributed by atoms with Crippen LogP contribution in [0, 0.1) is 11.7 Å². The first-order valence-electron chi connectivity index (χ1n) is 11.8. The standard InChI is InChI=1S/C27H29FN4O4/c1-17-14-32(18(2)16-33)27(35)23-12-21(19-7-9-29-10-8-19)13-30-25(23)36-24(17)15-31(3)26(34)20-5-4-6-22(28)11-20/h4-13,17-18,24,33H,14-16H2,1-3H3/t17-,18+,24+/m1/s1. The van der Waals surface area contributed by atoms with Crippen LogP contribution in [0.5, 0.6) is 5.88 Å². The molecule has 1 N–H and O–H groups in total. The molecular weight excluding hydrogens is 463 g/mol. The SMILES string of the molecule is C[C@@H]1CN([C@@H](C)CO)C(=O)c2cc(-c3ccncc3)cnc2O[C@H]1CN(C)C(=O)c1cccc(F)c1. The zero-order valence-corrected chi connectivity index (χ0v) is 20.5. The number of benzene rings is 1. The molecule has 2 aromatic heterocycles. The molecule has 3 atom stereocenters. The van der Waals surface area contributed by atoms with Gasteiger partial charge in [0, 0.05) is 49.2 Å². The van der Waals surface area contributed by atoms with E-state index in [2.05, 4.69) is 9.97 Å². The maximum Gasteiger partial charge on any atom is 0.259 e. The third kappa shape index (κ3) is 5.36. The van der Waals surface area contributed by atoms with Crippen molar-refractivity contribution in [1.82, 2.24) is 19.8 Å². The Morgan fingerprint density at radius 1 is 1.25 bits per heavy atom. The van der Waals surface area contributed by atoms with Gasteiger partial charge in [-0.3, -0.25) is 14.6 Å². The molecule has 1 aromatic carbocycles. The van der Waals surface area contributed by atoms with Gasteiger partial charge in [-0.25, -0.2) is 9.37 Å². The van der Waals surface area contributed by atoms with Crippen molar-refractivity contribution >= 4 is 11.8 Å². The number of pyridine rings is 2. The molecule has 3 aromatic rings. The Hall–Kier alpha value is -3.85. The van der Waals surface area contributed by atoms with Gasteiger partial charge in [-0.15, -0.1) is 0 Å². The fourth-order valence-electron chi connectivity index (χ4n) is 4.22. The molecule has 8 nitrogen and oxygen atoms in total. The molecule has 0 saturated heterocycles. The number of halogens is 1. The summed E-state index contributed by atoms with van der Waals surface area (Å²) in [5.74, 6) is -1.15. The Labute approximate surface area is 209 Å². The van der Waals surface area contributed by atoms with E-state index in [-0.39, 0.29) is 47.9 Å². The first kappa shape index (κ1) is 25.2. The maximum absolute atomic E-state index is 13.7. The number of carbonyl (C=O) groups excluding carboxylic acids is 2. The van der Waals surface area contributed by atoms with Crippen molar-refractivity contribution in [2.24, 2.45) is 5.92 Å². The van der Waals surface area contributed by atoms with E-state index in [9.17, 15) is 19.1 Å². The van der Waals surface area contributed by atoms with Crippen LogP contribution in [-0.2, 0) is 0 Å². The molecule has 0 bridgehead atoms. The fourth-order valence-corrected chi connectivity index (χ4v) is 4.22. The fraction of sp³-hybridized carbons (Fsp3) is 0.333. The van der Waals surface area contributed by atoms with Gasteiger partial charge in [0.15, 0.2) is 0 Å². The normalized spacial score (nSPS) is 18.5. The Kier molecular flexibility index (Phi) is 7.59. The highest BCUT2D eigenvalue weighted by Crippen LogP contribution is 2.30. The van der Waals surface area contributed by atoms with Crippen molar-refractivity contribution in [3.8, 4) is 17.0 Å². The number of ether oxygens (including phenoxy) is 1. The highest BCUT2D eigenvalue weighted by Gasteiger charge is 2.35. The van der Waals surface area contributed by atoms with Gasteiger partial charge in [0.2, 0.25) is 5.88 Å². The minimum absolute atomic E-state index is 0.163. The molecular formula is C27H29FN4O4. The lowest BCUT2D eigenvalue weighted by Crippen LogP contribution is -2.50. The number of hydrogen-bond donors (Lipinski definition) is 1. The second-order valence-corrected chi connectivity index (χ2v) is 9.13. The molecule has 0 aliphatic carbocycles. The number of aliphatic hydroxyl groups is 1. The van der Waals surface area contributed by atoms with Gasteiger partial charge in [-0.05, 0) is 48.9 Å². The molecule has 0 radical (unpaired) electrons. The smallest absolute Gasteiger partial charge is 0.259 e.